The van der Waals surface area contributed by atoms with E-state index in [0.717, 1.165) is 18.8 Å². The Bertz CT molecular complexity index is 293. The molecule has 0 aromatic heterocycles. The van der Waals surface area contributed by atoms with Gasteiger partial charge in [0, 0.05) is 12.0 Å². The second-order valence-electron chi connectivity index (χ2n) is 6.88. The highest BCUT2D eigenvalue weighted by Gasteiger charge is 2.21. The Labute approximate surface area is 124 Å². The van der Waals surface area contributed by atoms with Crippen molar-refractivity contribution < 1.29 is 9.59 Å². The summed E-state index contributed by atoms with van der Waals surface area (Å²) in [5.41, 5.74) is -0.448. The topological polar surface area (TPSA) is 58.2 Å². The summed E-state index contributed by atoms with van der Waals surface area (Å²) in [4.78, 5) is 23.1. The van der Waals surface area contributed by atoms with Crippen LogP contribution in [-0.4, -0.2) is 24.9 Å². The number of amides is 2. The monoisotopic (exact) mass is 284 g/mol. The molecule has 0 aromatic rings. The third kappa shape index (κ3) is 10.8. The Morgan fingerprint density at radius 1 is 0.950 bits per heavy atom. The first-order chi connectivity index (χ1) is 9.23. The molecule has 0 unspecified atom stereocenters. The van der Waals surface area contributed by atoms with E-state index in [1.165, 1.54) is 19.3 Å². The summed E-state index contributed by atoms with van der Waals surface area (Å²) < 4.78 is 0. The summed E-state index contributed by atoms with van der Waals surface area (Å²) in [7, 11) is 0. The molecule has 0 saturated heterocycles. The average molecular weight is 284 g/mol. The second kappa shape index (κ2) is 9.78. The maximum atomic E-state index is 11.6. The largest absolute Gasteiger partial charge is 0.355 e. The molecule has 0 atom stereocenters. The molecule has 2 N–H and O–H groups in total. The van der Waals surface area contributed by atoms with Crippen LogP contribution >= 0.6 is 0 Å². The Kier molecular flexibility index (Phi) is 9.26. The predicted molar refractivity (Wildman–Crippen MR) is 83.4 cm³/mol. The second-order valence-corrected chi connectivity index (χ2v) is 6.88. The first-order valence-corrected chi connectivity index (χ1v) is 7.78. The fraction of sp³-hybridized carbons (Fsp3) is 0.875. The van der Waals surface area contributed by atoms with Crippen molar-refractivity contribution in [2.24, 2.45) is 11.3 Å². The van der Waals surface area contributed by atoms with Crippen molar-refractivity contribution in [3.63, 3.8) is 0 Å². The van der Waals surface area contributed by atoms with E-state index >= 15 is 0 Å². The summed E-state index contributed by atoms with van der Waals surface area (Å²) in [6.07, 6.45) is 5.95. The minimum atomic E-state index is -0.448. The van der Waals surface area contributed by atoms with Crippen LogP contribution in [0.2, 0.25) is 0 Å². The van der Waals surface area contributed by atoms with Gasteiger partial charge in [0.2, 0.25) is 11.8 Å². The fourth-order valence-electron chi connectivity index (χ4n) is 1.75. The standard InChI is InChI=1S/C16H32N2O2/c1-13(2)10-8-6-7-9-11-17-14(19)12-18-15(20)16(3,4)5/h13H,6-12H2,1-5H3,(H,17,19)(H,18,20). The molecule has 0 spiro atoms. The Morgan fingerprint density at radius 3 is 2.10 bits per heavy atom. The smallest absolute Gasteiger partial charge is 0.239 e. The normalized spacial score (nSPS) is 11.5. The number of carbonyl (C=O) groups excluding carboxylic acids is 2. The Hall–Kier alpha value is -1.06. The molecule has 0 rings (SSSR count). The van der Waals surface area contributed by atoms with Crippen molar-refractivity contribution in [1.29, 1.82) is 0 Å². The number of nitrogens with one attached hydrogen (secondary N) is 2. The molecule has 0 fully saturated rings. The van der Waals surface area contributed by atoms with Gasteiger partial charge < -0.3 is 10.6 Å². The number of unbranched alkanes of at least 4 members (excludes halogenated alkanes) is 3. The van der Waals surface area contributed by atoms with Gasteiger partial charge in [-0.1, -0.05) is 60.3 Å². The lowest BCUT2D eigenvalue weighted by molar-refractivity contribution is -0.131. The van der Waals surface area contributed by atoms with E-state index in [2.05, 4.69) is 24.5 Å². The SMILES string of the molecule is CC(C)CCCCCCNC(=O)CNC(=O)C(C)(C)C. The lowest BCUT2D eigenvalue weighted by atomic mass is 9.96. The molecule has 0 aliphatic heterocycles. The average Bonchev–Trinajstić information content (AvgIpc) is 2.33. The van der Waals surface area contributed by atoms with Crippen molar-refractivity contribution in [1.82, 2.24) is 10.6 Å². The van der Waals surface area contributed by atoms with Crippen molar-refractivity contribution in [2.75, 3.05) is 13.1 Å². The highest BCUT2D eigenvalue weighted by atomic mass is 16.2. The van der Waals surface area contributed by atoms with Crippen LogP contribution < -0.4 is 10.6 Å². The van der Waals surface area contributed by atoms with Crippen molar-refractivity contribution in [2.45, 2.75) is 66.7 Å². The molecule has 20 heavy (non-hydrogen) atoms. The van der Waals surface area contributed by atoms with Gasteiger partial charge in [-0.2, -0.15) is 0 Å². The van der Waals surface area contributed by atoms with E-state index < -0.39 is 5.41 Å². The molecule has 0 aliphatic rings. The number of hydrogen-bond acceptors (Lipinski definition) is 2. The molecular formula is C16H32N2O2. The summed E-state index contributed by atoms with van der Waals surface area (Å²) in [5, 5.41) is 5.48. The maximum Gasteiger partial charge on any atom is 0.239 e. The Morgan fingerprint density at radius 2 is 1.55 bits per heavy atom. The molecule has 0 aliphatic carbocycles. The minimum absolute atomic E-state index is 0.0729. The number of hydrogen-bond donors (Lipinski definition) is 2. The van der Waals surface area contributed by atoms with Gasteiger partial charge in [-0.3, -0.25) is 9.59 Å². The molecule has 118 valence electrons. The highest BCUT2D eigenvalue weighted by Crippen LogP contribution is 2.12. The van der Waals surface area contributed by atoms with E-state index in [-0.39, 0.29) is 18.4 Å². The van der Waals surface area contributed by atoms with Crippen LogP contribution in [0.4, 0.5) is 0 Å². The van der Waals surface area contributed by atoms with Crippen LogP contribution in [0.25, 0.3) is 0 Å². The van der Waals surface area contributed by atoms with Gasteiger partial charge in [0.25, 0.3) is 0 Å². The number of rotatable bonds is 9. The minimum Gasteiger partial charge on any atom is -0.355 e. The van der Waals surface area contributed by atoms with E-state index in [4.69, 9.17) is 0 Å². The molecule has 4 nitrogen and oxygen atoms in total. The van der Waals surface area contributed by atoms with E-state index in [9.17, 15) is 9.59 Å². The van der Waals surface area contributed by atoms with E-state index in [0.29, 0.717) is 6.54 Å². The summed E-state index contributed by atoms with van der Waals surface area (Å²) >= 11 is 0. The maximum absolute atomic E-state index is 11.6. The zero-order valence-corrected chi connectivity index (χ0v) is 13.8. The molecular weight excluding hydrogens is 252 g/mol. The quantitative estimate of drug-likeness (QED) is 0.640. The van der Waals surface area contributed by atoms with Gasteiger partial charge in [-0.25, -0.2) is 0 Å². The van der Waals surface area contributed by atoms with Gasteiger partial charge in [-0.15, -0.1) is 0 Å². The molecule has 0 bridgehead atoms. The van der Waals surface area contributed by atoms with Gasteiger partial charge in [0.15, 0.2) is 0 Å². The van der Waals surface area contributed by atoms with Crippen LogP contribution in [0.5, 0.6) is 0 Å². The zero-order chi connectivity index (χ0) is 15.6. The van der Waals surface area contributed by atoms with Crippen LogP contribution in [0.3, 0.4) is 0 Å². The van der Waals surface area contributed by atoms with Crippen molar-refractivity contribution in [3.05, 3.63) is 0 Å². The zero-order valence-electron chi connectivity index (χ0n) is 13.8. The lowest BCUT2D eigenvalue weighted by Gasteiger charge is -2.17. The number of carbonyl (C=O) groups is 2. The fourth-order valence-corrected chi connectivity index (χ4v) is 1.75. The van der Waals surface area contributed by atoms with Gasteiger partial charge >= 0.3 is 0 Å². The van der Waals surface area contributed by atoms with E-state index in [1.54, 1.807) is 0 Å². The van der Waals surface area contributed by atoms with Crippen LogP contribution in [0.15, 0.2) is 0 Å². The lowest BCUT2D eigenvalue weighted by Crippen LogP contribution is -2.41. The summed E-state index contributed by atoms with van der Waals surface area (Å²) in [5.74, 6) is 0.576. The van der Waals surface area contributed by atoms with Crippen LogP contribution in [-0.2, 0) is 9.59 Å². The summed E-state index contributed by atoms with van der Waals surface area (Å²) in [6.45, 7) is 10.7. The predicted octanol–water partition coefficient (Wildman–Crippen LogP) is 2.87. The molecule has 0 saturated carbocycles. The molecule has 4 heteroatoms. The van der Waals surface area contributed by atoms with Crippen molar-refractivity contribution >= 4 is 11.8 Å². The highest BCUT2D eigenvalue weighted by molar-refractivity contribution is 5.87. The van der Waals surface area contributed by atoms with Gasteiger partial charge in [-0.05, 0) is 12.3 Å². The van der Waals surface area contributed by atoms with Gasteiger partial charge in [0.05, 0.1) is 6.54 Å². The first kappa shape index (κ1) is 18.9. The molecule has 0 radical (unpaired) electrons. The summed E-state index contributed by atoms with van der Waals surface area (Å²) in [6, 6.07) is 0. The first-order valence-electron chi connectivity index (χ1n) is 7.78. The van der Waals surface area contributed by atoms with E-state index in [1.807, 2.05) is 20.8 Å². The van der Waals surface area contributed by atoms with Crippen LogP contribution in [0, 0.1) is 11.3 Å². The third-order valence-electron chi connectivity index (χ3n) is 3.12. The van der Waals surface area contributed by atoms with Crippen LogP contribution in [0.1, 0.15) is 66.7 Å². The Balaban J connectivity index is 3.48. The molecule has 2 amide bonds. The third-order valence-corrected chi connectivity index (χ3v) is 3.12. The van der Waals surface area contributed by atoms with Gasteiger partial charge in [0.1, 0.15) is 0 Å². The van der Waals surface area contributed by atoms with Crippen molar-refractivity contribution in [3.8, 4) is 0 Å². The molecule has 0 aromatic carbocycles. The molecule has 0 heterocycles.